The van der Waals surface area contributed by atoms with Crippen molar-refractivity contribution in [3.8, 4) is 0 Å². The molecule has 1 atom stereocenters. The zero-order chi connectivity index (χ0) is 13.7. The summed E-state index contributed by atoms with van der Waals surface area (Å²) in [6, 6.07) is -0.282. The molecule has 0 aromatic rings. The van der Waals surface area contributed by atoms with Crippen LogP contribution in [0.5, 0.6) is 0 Å². The second-order valence-corrected chi connectivity index (χ2v) is 5.10. The van der Waals surface area contributed by atoms with Crippen molar-refractivity contribution in [2.45, 2.75) is 25.3 Å². The van der Waals surface area contributed by atoms with Gasteiger partial charge in [-0.25, -0.2) is 0 Å². The predicted molar refractivity (Wildman–Crippen MR) is 68.5 cm³/mol. The highest BCUT2D eigenvalue weighted by Gasteiger charge is 2.42. The van der Waals surface area contributed by atoms with Gasteiger partial charge in [-0.05, 0) is 25.2 Å². The van der Waals surface area contributed by atoms with Gasteiger partial charge in [0.1, 0.15) is 6.04 Å². The summed E-state index contributed by atoms with van der Waals surface area (Å²) in [6.45, 7) is 2.50. The Hall–Kier alpha value is -1.14. The number of amides is 2. The Labute approximate surface area is 113 Å². The van der Waals surface area contributed by atoms with Crippen molar-refractivity contribution in [3.63, 3.8) is 0 Å². The summed E-state index contributed by atoms with van der Waals surface area (Å²) < 4.78 is 10.2. The molecule has 2 aliphatic rings. The van der Waals surface area contributed by atoms with Crippen molar-refractivity contribution in [1.82, 2.24) is 10.2 Å². The van der Waals surface area contributed by atoms with E-state index in [4.69, 9.17) is 9.47 Å². The lowest BCUT2D eigenvalue weighted by Crippen LogP contribution is -2.59. The highest BCUT2D eigenvalue weighted by atomic mass is 16.5. The normalized spacial score (nSPS) is 23.6. The molecule has 2 amide bonds. The van der Waals surface area contributed by atoms with Gasteiger partial charge in [0.2, 0.25) is 11.8 Å². The molecule has 1 saturated heterocycles. The van der Waals surface area contributed by atoms with E-state index in [2.05, 4.69) is 5.32 Å². The Balaban J connectivity index is 1.69. The third kappa shape index (κ3) is 4.18. The lowest BCUT2D eigenvalue weighted by Gasteiger charge is -2.32. The Kier molecular flexibility index (Phi) is 5.15. The first-order valence-electron chi connectivity index (χ1n) is 6.87. The number of piperazine rings is 1. The molecule has 1 aliphatic heterocycles. The van der Waals surface area contributed by atoms with Gasteiger partial charge in [0, 0.05) is 20.3 Å². The van der Waals surface area contributed by atoms with Crippen LogP contribution in [0.1, 0.15) is 19.3 Å². The lowest BCUT2D eigenvalue weighted by atomic mass is 10.1. The summed E-state index contributed by atoms with van der Waals surface area (Å²) in [5.41, 5.74) is 0. The number of carbonyl (C=O) groups is 2. The Morgan fingerprint density at radius 1 is 1.26 bits per heavy atom. The van der Waals surface area contributed by atoms with Crippen molar-refractivity contribution in [1.29, 1.82) is 0 Å². The molecular weight excluding hydrogens is 248 g/mol. The zero-order valence-corrected chi connectivity index (χ0v) is 11.4. The summed E-state index contributed by atoms with van der Waals surface area (Å²) in [4.78, 5) is 25.4. The molecule has 2 fully saturated rings. The smallest absolute Gasteiger partial charge is 0.245 e. The molecule has 1 aliphatic carbocycles. The third-order valence-electron chi connectivity index (χ3n) is 3.47. The summed E-state index contributed by atoms with van der Waals surface area (Å²) >= 11 is 0. The molecule has 2 rings (SSSR count). The van der Waals surface area contributed by atoms with Gasteiger partial charge in [0.25, 0.3) is 0 Å². The number of rotatable bonds is 8. The second kappa shape index (κ2) is 6.86. The average molecular weight is 270 g/mol. The maximum absolute atomic E-state index is 12.2. The number of nitrogens with zero attached hydrogens (tertiary/aromatic N) is 1. The largest absolute Gasteiger partial charge is 0.382 e. The quantitative estimate of drug-likeness (QED) is 0.619. The SMILES string of the molecule is COCCOCCCN1CC(=O)NC(C2CC2)C1=O. The lowest BCUT2D eigenvalue weighted by molar-refractivity contribution is -0.145. The predicted octanol–water partition coefficient (Wildman–Crippen LogP) is -0.223. The second-order valence-electron chi connectivity index (χ2n) is 5.10. The van der Waals surface area contributed by atoms with E-state index in [1.807, 2.05) is 0 Å². The third-order valence-corrected chi connectivity index (χ3v) is 3.47. The van der Waals surface area contributed by atoms with E-state index in [0.29, 0.717) is 32.3 Å². The van der Waals surface area contributed by atoms with Crippen LogP contribution in [-0.2, 0) is 19.1 Å². The van der Waals surface area contributed by atoms with Crippen LogP contribution in [0.25, 0.3) is 0 Å². The van der Waals surface area contributed by atoms with Crippen molar-refractivity contribution in [2.75, 3.05) is 40.0 Å². The number of nitrogens with one attached hydrogen (secondary N) is 1. The van der Waals surface area contributed by atoms with E-state index in [1.165, 1.54) is 0 Å². The van der Waals surface area contributed by atoms with Crippen LogP contribution in [0.15, 0.2) is 0 Å². The molecule has 1 unspecified atom stereocenters. The standard InChI is InChI=1S/C13H22N2O4/c1-18-7-8-19-6-2-5-15-9-11(16)14-12(13(15)17)10-3-4-10/h10,12H,2-9H2,1H3,(H,14,16). The monoisotopic (exact) mass is 270 g/mol. The fourth-order valence-electron chi connectivity index (χ4n) is 2.27. The molecule has 0 aromatic carbocycles. The van der Waals surface area contributed by atoms with Crippen LogP contribution in [0.4, 0.5) is 0 Å². The Bertz CT molecular complexity index is 331. The Morgan fingerprint density at radius 2 is 2.05 bits per heavy atom. The van der Waals surface area contributed by atoms with Gasteiger partial charge < -0.3 is 19.7 Å². The van der Waals surface area contributed by atoms with Gasteiger partial charge in [-0.3, -0.25) is 9.59 Å². The molecule has 1 saturated carbocycles. The first kappa shape index (κ1) is 14.3. The van der Waals surface area contributed by atoms with Gasteiger partial charge in [-0.2, -0.15) is 0 Å². The molecule has 1 N–H and O–H groups in total. The molecule has 108 valence electrons. The molecule has 0 bridgehead atoms. The van der Waals surface area contributed by atoms with E-state index in [9.17, 15) is 9.59 Å². The van der Waals surface area contributed by atoms with Crippen LogP contribution in [0, 0.1) is 5.92 Å². The van der Waals surface area contributed by atoms with Crippen LogP contribution < -0.4 is 5.32 Å². The highest BCUT2D eigenvalue weighted by molar-refractivity contribution is 5.95. The van der Waals surface area contributed by atoms with E-state index < -0.39 is 0 Å². The van der Waals surface area contributed by atoms with Crippen molar-refractivity contribution >= 4 is 11.8 Å². The maximum atomic E-state index is 12.2. The zero-order valence-electron chi connectivity index (χ0n) is 11.4. The van der Waals surface area contributed by atoms with E-state index in [-0.39, 0.29) is 24.4 Å². The van der Waals surface area contributed by atoms with Gasteiger partial charge >= 0.3 is 0 Å². The van der Waals surface area contributed by atoms with Gasteiger partial charge in [0.15, 0.2) is 0 Å². The van der Waals surface area contributed by atoms with Gasteiger partial charge in [0.05, 0.1) is 19.8 Å². The van der Waals surface area contributed by atoms with Gasteiger partial charge in [-0.15, -0.1) is 0 Å². The topological polar surface area (TPSA) is 67.9 Å². The van der Waals surface area contributed by atoms with Crippen LogP contribution in [-0.4, -0.2) is 62.8 Å². The number of ether oxygens (including phenoxy) is 2. The summed E-state index contributed by atoms with van der Waals surface area (Å²) in [5, 5.41) is 2.80. The summed E-state index contributed by atoms with van der Waals surface area (Å²) in [6.07, 6.45) is 2.84. The highest BCUT2D eigenvalue weighted by Crippen LogP contribution is 2.34. The number of methoxy groups -OCH3 is 1. The Morgan fingerprint density at radius 3 is 2.74 bits per heavy atom. The van der Waals surface area contributed by atoms with Crippen molar-refractivity contribution < 1.29 is 19.1 Å². The molecule has 0 radical (unpaired) electrons. The van der Waals surface area contributed by atoms with Crippen molar-refractivity contribution in [3.05, 3.63) is 0 Å². The number of carbonyl (C=O) groups excluding carboxylic acids is 2. The molecule has 0 aromatic heterocycles. The number of hydrogen-bond acceptors (Lipinski definition) is 4. The summed E-state index contributed by atoms with van der Waals surface area (Å²) in [7, 11) is 1.63. The molecule has 19 heavy (non-hydrogen) atoms. The van der Waals surface area contributed by atoms with Gasteiger partial charge in [-0.1, -0.05) is 0 Å². The molecule has 6 nitrogen and oxygen atoms in total. The molecule has 6 heteroatoms. The minimum absolute atomic E-state index is 0.0446. The molecular formula is C13H22N2O4. The van der Waals surface area contributed by atoms with Crippen LogP contribution >= 0.6 is 0 Å². The fraction of sp³-hybridized carbons (Fsp3) is 0.846. The fourth-order valence-corrected chi connectivity index (χ4v) is 2.27. The van der Waals surface area contributed by atoms with E-state index in [0.717, 1.165) is 19.3 Å². The van der Waals surface area contributed by atoms with Crippen LogP contribution in [0.3, 0.4) is 0 Å². The first-order valence-corrected chi connectivity index (χ1v) is 6.87. The number of hydrogen-bond donors (Lipinski definition) is 1. The van der Waals surface area contributed by atoms with E-state index >= 15 is 0 Å². The maximum Gasteiger partial charge on any atom is 0.245 e. The molecule has 1 heterocycles. The summed E-state index contributed by atoms with van der Waals surface area (Å²) in [5.74, 6) is 0.382. The first-order chi connectivity index (χ1) is 9.22. The van der Waals surface area contributed by atoms with Crippen LogP contribution in [0.2, 0.25) is 0 Å². The van der Waals surface area contributed by atoms with Crippen molar-refractivity contribution in [2.24, 2.45) is 5.92 Å². The minimum Gasteiger partial charge on any atom is -0.382 e. The van der Waals surface area contributed by atoms with E-state index in [1.54, 1.807) is 12.0 Å². The molecule has 0 spiro atoms. The minimum atomic E-state index is -0.282. The average Bonchev–Trinajstić information content (AvgIpc) is 3.21.